The largest absolute Gasteiger partial charge is 0.467 e. The molecular formula is C25H31FN6O6. The predicted molar refractivity (Wildman–Crippen MR) is 136 cm³/mol. The van der Waals surface area contributed by atoms with E-state index in [1.165, 1.54) is 13.1 Å². The normalized spacial score (nSPS) is 17.0. The zero-order valence-electron chi connectivity index (χ0n) is 21.2. The predicted octanol–water partition coefficient (Wildman–Crippen LogP) is -0.463. The van der Waals surface area contributed by atoms with Crippen LogP contribution < -0.4 is 32.0 Å². The van der Waals surface area contributed by atoms with E-state index in [0.29, 0.717) is 37.4 Å². The second-order valence-corrected chi connectivity index (χ2v) is 9.52. The minimum absolute atomic E-state index is 0.0381. The van der Waals surface area contributed by atoms with E-state index in [1.807, 2.05) is 4.90 Å². The van der Waals surface area contributed by atoms with Gasteiger partial charge in [-0.3, -0.25) is 19.2 Å². The van der Waals surface area contributed by atoms with Crippen molar-refractivity contribution in [2.45, 2.75) is 44.3 Å². The van der Waals surface area contributed by atoms with Gasteiger partial charge in [0.05, 0.1) is 24.7 Å². The van der Waals surface area contributed by atoms with Gasteiger partial charge in [-0.15, -0.1) is 0 Å². The summed E-state index contributed by atoms with van der Waals surface area (Å²) in [5.41, 5.74) is 5.15. The SMILES string of the molecule is COC(=O)[C@H](C)NC(=O)[C@@H](CC(N)=O)NC(=O)c1cn(C2CC2)c2cc(N3CCNCC3)c(F)cc2c1=O. The molecule has 12 nitrogen and oxygen atoms in total. The summed E-state index contributed by atoms with van der Waals surface area (Å²) in [7, 11) is 1.15. The van der Waals surface area contributed by atoms with Crippen LogP contribution in [0.15, 0.2) is 23.1 Å². The lowest BCUT2D eigenvalue weighted by Gasteiger charge is -2.30. The molecule has 3 amide bonds. The average Bonchev–Trinajstić information content (AvgIpc) is 3.73. The molecule has 0 radical (unpaired) electrons. The van der Waals surface area contributed by atoms with Crippen molar-refractivity contribution in [2.24, 2.45) is 5.73 Å². The molecule has 2 aromatic rings. The van der Waals surface area contributed by atoms with Crippen LogP contribution >= 0.6 is 0 Å². The molecule has 1 saturated heterocycles. The number of esters is 1. The Hall–Kier alpha value is -4.00. The van der Waals surface area contributed by atoms with Crippen LogP contribution in [0.25, 0.3) is 10.9 Å². The Morgan fingerprint density at radius 2 is 1.87 bits per heavy atom. The van der Waals surface area contributed by atoms with E-state index < -0.39 is 53.4 Å². The van der Waals surface area contributed by atoms with E-state index in [2.05, 4.69) is 20.7 Å². The number of nitrogens with zero attached hydrogens (tertiary/aromatic N) is 2. The summed E-state index contributed by atoms with van der Waals surface area (Å²) < 4.78 is 21.5. The molecule has 1 saturated carbocycles. The van der Waals surface area contributed by atoms with E-state index in [-0.39, 0.29) is 17.0 Å². The van der Waals surface area contributed by atoms with Crippen molar-refractivity contribution in [3.8, 4) is 0 Å². The van der Waals surface area contributed by atoms with E-state index in [4.69, 9.17) is 5.73 Å². The molecule has 2 fully saturated rings. The van der Waals surface area contributed by atoms with Crippen molar-refractivity contribution in [3.63, 3.8) is 0 Å². The molecule has 2 heterocycles. The Morgan fingerprint density at radius 3 is 2.47 bits per heavy atom. The van der Waals surface area contributed by atoms with E-state index in [0.717, 1.165) is 26.0 Å². The van der Waals surface area contributed by atoms with Gasteiger partial charge in [-0.1, -0.05) is 0 Å². The zero-order valence-corrected chi connectivity index (χ0v) is 21.2. The van der Waals surface area contributed by atoms with Crippen LogP contribution in [0.3, 0.4) is 0 Å². The third-order valence-corrected chi connectivity index (χ3v) is 6.68. The van der Waals surface area contributed by atoms with Gasteiger partial charge < -0.3 is 35.9 Å². The highest BCUT2D eigenvalue weighted by Gasteiger charge is 2.31. The van der Waals surface area contributed by atoms with Crippen molar-refractivity contribution >= 4 is 40.3 Å². The van der Waals surface area contributed by atoms with Crippen molar-refractivity contribution in [1.82, 2.24) is 20.5 Å². The van der Waals surface area contributed by atoms with Gasteiger partial charge >= 0.3 is 5.97 Å². The third-order valence-electron chi connectivity index (χ3n) is 6.68. The number of methoxy groups -OCH3 is 1. The van der Waals surface area contributed by atoms with E-state index >= 15 is 4.39 Å². The number of carbonyl (C=O) groups is 4. The van der Waals surface area contributed by atoms with Crippen LogP contribution in [0.2, 0.25) is 0 Å². The smallest absolute Gasteiger partial charge is 0.328 e. The number of amides is 3. The van der Waals surface area contributed by atoms with Crippen molar-refractivity contribution in [2.75, 3.05) is 38.2 Å². The van der Waals surface area contributed by atoms with E-state index in [1.54, 1.807) is 10.6 Å². The minimum Gasteiger partial charge on any atom is -0.467 e. The summed E-state index contributed by atoms with van der Waals surface area (Å²) in [4.78, 5) is 64.5. The van der Waals surface area contributed by atoms with Gasteiger partial charge in [0.2, 0.25) is 17.2 Å². The van der Waals surface area contributed by atoms with Gasteiger partial charge in [0.25, 0.3) is 5.91 Å². The number of rotatable bonds is 9. The van der Waals surface area contributed by atoms with Crippen molar-refractivity contribution < 1.29 is 28.3 Å². The van der Waals surface area contributed by atoms with Gasteiger partial charge in [-0.05, 0) is 31.9 Å². The number of pyridine rings is 1. The van der Waals surface area contributed by atoms with Crippen LogP contribution in [-0.4, -0.2) is 73.6 Å². The number of hydrogen-bond donors (Lipinski definition) is 4. The molecule has 0 unspecified atom stereocenters. The highest BCUT2D eigenvalue weighted by atomic mass is 19.1. The monoisotopic (exact) mass is 530 g/mol. The lowest BCUT2D eigenvalue weighted by Crippen LogP contribution is -2.52. The van der Waals surface area contributed by atoms with Crippen LogP contribution in [0.5, 0.6) is 0 Å². The number of nitrogens with one attached hydrogen (secondary N) is 3. The maximum absolute atomic E-state index is 15.2. The molecule has 38 heavy (non-hydrogen) atoms. The number of benzene rings is 1. The fraction of sp³-hybridized carbons (Fsp3) is 0.480. The number of hydrogen-bond acceptors (Lipinski definition) is 8. The Labute approximate surface area is 217 Å². The molecule has 4 rings (SSSR count). The molecule has 5 N–H and O–H groups in total. The Kier molecular flexibility index (Phi) is 7.95. The standard InChI is InChI=1S/C25H31FN6O6/c1-13(25(37)38-2)29-24(36)18(10-21(27)33)30-23(35)16-12-32(14-3-4-14)19-11-20(31-7-5-28-6-8-31)17(26)9-15(19)22(16)34/h9,11-14,18,28H,3-8,10H2,1-2H3,(H2,27,33)(H,29,36)(H,30,35)/t13-,18+/m0/s1. The quantitative estimate of drug-likeness (QED) is 0.316. The van der Waals surface area contributed by atoms with Crippen LogP contribution in [-0.2, 0) is 19.1 Å². The number of primary amides is 1. The first kappa shape index (κ1) is 27.0. The average molecular weight is 531 g/mol. The van der Waals surface area contributed by atoms with Gasteiger partial charge in [0, 0.05) is 43.8 Å². The summed E-state index contributed by atoms with van der Waals surface area (Å²) in [6.45, 7) is 4.03. The summed E-state index contributed by atoms with van der Waals surface area (Å²) in [5, 5.41) is 7.97. The Balaban J connectivity index is 1.68. The Bertz CT molecular complexity index is 1330. The lowest BCUT2D eigenvalue weighted by molar-refractivity contribution is -0.144. The summed E-state index contributed by atoms with van der Waals surface area (Å²) in [5.74, 6) is -3.96. The molecular weight excluding hydrogens is 499 g/mol. The topological polar surface area (TPSA) is 165 Å². The van der Waals surface area contributed by atoms with Crippen molar-refractivity contribution in [1.29, 1.82) is 0 Å². The Morgan fingerprint density at radius 1 is 1.18 bits per heavy atom. The molecule has 2 aliphatic rings. The number of halogens is 1. The van der Waals surface area contributed by atoms with Crippen LogP contribution in [0.4, 0.5) is 10.1 Å². The molecule has 1 aliphatic carbocycles. The fourth-order valence-electron chi connectivity index (χ4n) is 4.52. The first-order chi connectivity index (χ1) is 18.1. The number of piperazine rings is 1. The molecule has 204 valence electrons. The van der Waals surface area contributed by atoms with Crippen molar-refractivity contribution in [3.05, 3.63) is 39.9 Å². The number of anilines is 1. The zero-order chi connectivity index (χ0) is 27.6. The van der Waals surface area contributed by atoms with Gasteiger partial charge in [-0.25, -0.2) is 9.18 Å². The molecule has 1 aromatic carbocycles. The molecule has 0 bridgehead atoms. The molecule has 1 aromatic heterocycles. The first-order valence-electron chi connectivity index (χ1n) is 12.4. The van der Waals surface area contributed by atoms with Crippen LogP contribution in [0.1, 0.15) is 42.6 Å². The molecule has 0 spiro atoms. The highest BCUT2D eigenvalue weighted by Crippen LogP contribution is 2.38. The van der Waals surface area contributed by atoms with Gasteiger partial charge in [0.1, 0.15) is 23.5 Å². The summed E-state index contributed by atoms with van der Waals surface area (Å²) in [6.07, 6.45) is 2.50. The highest BCUT2D eigenvalue weighted by molar-refractivity contribution is 6.01. The number of aromatic nitrogens is 1. The minimum atomic E-state index is -1.46. The van der Waals surface area contributed by atoms with Gasteiger partial charge in [0.15, 0.2) is 0 Å². The molecule has 13 heteroatoms. The maximum atomic E-state index is 15.2. The number of nitrogens with two attached hydrogens (primary N) is 1. The first-order valence-corrected chi connectivity index (χ1v) is 12.4. The summed E-state index contributed by atoms with van der Waals surface area (Å²) in [6, 6.07) is 0.325. The molecule has 2 atom stereocenters. The van der Waals surface area contributed by atoms with Crippen LogP contribution in [0, 0.1) is 5.82 Å². The van der Waals surface area contributed by atoms with Gasteiger partial charge in [-0.2, -0.15) is 0 Å². The summed E-state index contributed by atoms with van der Waals surface area (Å²) >= 11 is 0. The number of ether oxygens (including phenoxy) is 1. The second-order valence-electron chi connectivity index (χ2n) is 9.52. The molecule has 1 aliphatic heterocycles. The maximum Gasteiger partial charge on any atom is 0.328 e. The lowest BCUT2D eigenvalue weighted by atomic mass is 10.1. The number of fused-ring (bicyclic) bond motifs is 1. The van der Waals surface area contributed by atoms with E-state index in [9.17, 15) is 24.0 Å². The number of carbonyl (C=O) groups excluding carboxylic acids is 4. The third kappa shape index (κ3) is 5.77. The fourth-order valence-corrected chi connectivity index (χ4v) is 4.52. The second kappa shape index (κ2) is 11.2.